The number of anilines is 1. The molecule has 0 N–H and O–H groups in total. The molecule has 2 aromatic rings. The van der Waals surface area contributed by atoms with Crippen LogP contribution in [-0.2, 0) is 0 Å². The molecule has 2 aliphatic rings. The van der Waals surface area contributed by atoms with Gasteiger partial charge in [0.15, 0.2) is 5.82 Å². The average molecular weight is 367 g/mol. The lowest BCUT2D eigenvalue weighted by Crippen LogP contribution is -2.54. The Hall–Kier alpha value is -2.05. The molecule has 4 rings (SSSR count). The molecule has 0 bridgehead atoms. The van der Waals surface area contributed by atoms with Crippen molar-refractivity contribution in [3.05, 3.63) is 35.7 Å². The average Bonchev–Trinajstić information content (AvgIpc) is 2.71. The summed E-state index contributed by atoms with van der Waals surface area (Å²) in [5.41, 5.74) is 3.06. The number of aryl methyl sites for hydroxylation is 1. The monoisotopic (exact) mass is 366 g/mol. The van der Waals surface area contributed by atoms with Gasteiger partial charge in [-0.25, -0.2) is 9.97 Å². The number of nitrogens with zero attached hydrogens (tertiary/aromatic N) is 6. The van der Waals surface area contributed by atoms with Crippen LogP contribution < -0.4 is 4.90 Å². The van der Waals surface area contributed by atoms with Gasteiger partial charge in [0.25, 0.3) is 0 Å². The van der Waals surface area contributed by atoms with E-state index in [4.69, 9.17) is 4.98 Å². The van der Waals surface area contributed by atoms with E-state index >= 15 is 0 Å². The fourth-order valence-electron chi connectivity index (χ4n) is 4.27. The van der Waals surface area contributed by atoms with Crippen LogP contribution in [0.4, 0.5) is 5.82 Å². The van der Waals surface area contributed by atoms with Crippen LogP contribution in [0, 0.1) is 13.8 Å². The number of hydrogen-bond acceptors (Lipinski definition) is 6. The van der Waals surface area contributed by atoms with Crippen molar-refractivity contribution in [2.24, 2.45) is 0 Å². The van der Waals surface area contributed by atoms with Gasteiger partial charge >= 0.3 is 0 Å². The Kier molecular flexibility index (Phi) is 5.36. The Balaban J connectivity index is 1.50. The van der Waals surface area contributed by atoms with Crippen molar-refractivity contribution in [2.75, 3.05) is 51.2 Å². The van der Waals surface area contributed by atoms with Crippen molar-refractivity contribution in [1.29, 1.82) is 0 Å². The Morgan fingerprint density at radius 2 is 1.81 bits per heavy atom. The fraction of sp³-hybridized carbons (Fsp3) is 0.571. The van der Waals surface area contributed by atoms with Gasteiger partial charge in [-0.05, 0) is 52.4 Å². The molecule has 2 aromatic heterocycles. The van der Waals surface area contributed by atoms with Crippen LogP contribution in [0.25, 0.3) is 11.5 Å². The molecule has 27 heavy (non-hydrogen) atoms. The summed E-state index contributed by atoms with van der Waals surface area (Å²) >= 11 is 0. The van der Waals surface area contributed by atoms with Gasteiger partial charge in [0.1, 0.15) is 11.5 Å². The van der Waals surface area contributed by atoms with E-state index in [1.807, 2.05) is 18.2 Å². The van der Waals surface area contributed by atoms with E-state index in [9.17, 15) is 0 Å². The summed E-state index contributed by atoms with van der Waals surface area (Å²) in [6.45, 7) is 10.9. The fourth-order valence-corrected chi connectivity index (χ4v) is 4.27. The van der Waals surface area contributed by atoms with Gasteiger partial charge in [-0.2, -0.15) is 0 Å². The van der Waals surface area contributed by atoms with Crippen molar-refractivity contribution in [3.8, 4) is 11.5 Å². The summed E-state index contributed by atoms with van der Waals surface area (Å²) in [5, 5.41) is 0. The van der Waals surface area contributed by atoms with E-state index in [2.05, 4.69) is 45.6 Å². The molecule has 0 saturated carbocycles. The third-order valence-electron chi connectivity index (χ3n) is 5.99. The maximum atomic E-state index is 4.90. The molecule has 4 heterocycles. The van der Waals surface area contributed by atoms with E-state index in [0.717, 1.165) is 49.2 Å². The lowest BCUT2D eigenvalue weighted by Gasteiger charge is -2.43. The molecule has 0 aromatic carbocycles. The first kappa shape index (κ1) is 18.3. The minimum Gasteiger partial charge on any atom is -0.354 e. The van der Waals surface area contributed by atoms with Crippen molar-refractivity contribution in [2.45, 2.75) is 32.7 Å². The first-order valence-corrected chi connectivity index (χ1v) is 10.1. The lowest BCUT2D eigenvalue weighted by atomic mass is 10.0. The van der Waals surface area contributed by atoms with Crippen LogP contribution >= 0.6 is 0 Å². The van der Waals surface area contributed by atoms with Crippen LogP contribution in [0.5, 0.6) is 0 Å². The molecule has 144 valence electrons. The van der Waals surface area contributed by atoms with Crippen molar-refractivity contribution >= 4 is 5.82 Å². The Morgan fingerprint density at radius 1 is 1.00 bits per heavy atom. The molecule has 0 amide bonds. The van der Waals surface area contributed by atoms with Crippen LogP contribution in [0.2, 0.25) is 0 Å². The van der Waals surface area contributed by atoms with Gasteiger partial charge in [-0.3, -0.25) is 9.88 Å². The molecule has 2 aliphatic heterocycles. The highest BCUT2D eigenvalue weighted by Gasteiger charge is 2.28. The van der Waals surface area contributed by atoms with Crippen LogP contribution in [0.15, 0.2) is 24.4 Å². The van der Waals surface area contributed by atoms with E-state index in [1.165, 1.54) is 31.5 Å². The van der Waals surface area contributed by atoms with Crippen molar-refractivity contribution < 1.29 is 0 Å². The summed E-state index contributed by atoms with van der Waals surface area (Å²) in [4.78, 5) is 21.6. The molecule has 2 fully saturated rings. The molecule has 6 nitrogen and oxygen atoms in total. The SMILES string of the molecule is Cc1nc(-c2ccccn2)nc(N2CCN(C3CCCN(C)C3)CC2)c1C. The molecule has 6 heteroatoms. The van der Waals surface area contributed by atoms with E-state index in [1.54, 1.807) is 6.20 Å². The first-order chi connectivity index (χ1) is 13.1. The molecular formula is C21H30N6. The molecule has 0 radical (unpaired) electrons. The number of likely N-dealkylation sites (N-methyl/N-ethyl adjacent to an activating group) is 1. The normalized spacial score (nSPS) is 22.2. The van der Waals surface area contributed by atoms with Crippen LogP contribution in [0.3, 0.4) is 0 Å². The highest BCUT2D eigenvalue weighted by Crippen LogP contribution is 2.25. The lowest BCUT2D eigenvalue weighted by molar-refractivity contribution is 0.106. The van der Waals surface area contributed by atoms with Crippen LogP contribution in [0.1, 0.15) is 24.1 Å². The second-order valence-corrected chi connectivity index (χ2v) is 7.88. The molecule has 0 spiro atoms. The zero-order chi connectivity index (χ0) is 18.8. The maximum Gasteiger partial charge on any atom is 0.180 e. The number of aromatic nitrogens is 3. The summed E-state index contributed by atoms with van der Waals surface area (Å²) in [6.07, 6.45) is 4.45. The molecular weight excluding hydrogens is 336 g/mol. The molecule has 2 saturated heterocycles. The number of rotatable bonds is 3. The van der Waals surface area contributed by atoms with Crippen molar-refractivity contribution in [1.82, 2.24) is 24.8 Å². The van der Waals surface area contributed by atoms with Gasteiger partial charge in [-0.1, -0.05) is 6.07 Å². The third-order valence-corrected chi connectivity index (χ3v) is 5.99. The topological polar surface area (TPSA) is 48.4 Å². The van der Waals surface area contributed by atoms with E-state index < -0.39 is 0 Å². The largest absolute Gasteiger partial charge is 0.354 e. The minimum absolute atomic E-state index is 0.711. The summed E-state index contributed by atoms with van der Waals surface area (Å²) in [6, 6.07) is 6.60. The number of piperazine rings is 1. The zero-order valence-electron chi connectivity index (χ0n) is 16.7. The second kappa shape index (κ2) is 7.90. The predicted octanol–water partition coefficient (Wildman–Crippen LogP) is 2.37. The summed E-state index contributed by atoms with van der Waals surface area (Å²) in [7, 11) is 2.24. The number of pyridine rings is 1. The molecule has 0 aliphatic carbocycles. The minimum atomic E-state index is 0.711. The zero-order valence-corrected chi connectivity index (χ0v) is 16.7. The maximum absolute atomic E-state index is 4.90. The highest BCUT2D eigenvalue weighted by atomic mass is 15.3. The predicted molar refractivity (Wildman–Crippen MR) is 109 cm³/mol. The number of hydrogen-bond donors (Lipinski definition) is 0. The van der Waals surface area contributed by atoms with E-state index in [-0.39, 0.29) is 0 Å². The number of piperidine rings is 1. The Morgan fingerprint density at radius 3 is 2.52 bits per heavy atom. The van der Waals surface area contributed by atoms with Crippen LogP contribution in [-0.4, -0.2) is 77.1 Å². The van der Waals surface area contributed by atoms with Crippen molar-refractivity contribution in [3.63, 3.8) is 0 Å². The Bertz CT molecular complexity index is 770. The van der Waals surface area contributed by atoms with Gasteiger partial charge in [0.2, 0.25) is 0 Å². The standard InChI is InChI=1S/C21H30N6/c1-16-17(2)23-20(19-8-4-5-9-22-19)24-21(16)27-13-11-26(12-14-27)18-7-6-10-25(3)15-18/h4-5,8-9,18H,6-7,10-15H2,1-3H3. The van der Waals surface area contributed by atoms with E-state index in [0.29, 0.717) is 6.04 Å². The van der Waals surface area contributed by atoms with Gasteiger partial charge in [-0.15, -0.1) is 0 Å². The molecule has 1 unspecified atom stereocenters. The summed E-state index contributed by atoms with van der Waals surface area (Å²) < 4.78 is 0. The Labute approximate surface area is 162 Å². The third kappa shape index (κ3) is 3.96. The second-order valence-electron chi connectivity index (χ2n) is 7.88. The quantitative estimate of drug-likeness (QED) is 0.831. The summed E-state index contributed by atoms with van der Waals surface area (Å²) in [5.74, 6) is 1.80. The van der Waals surface area contributed by atoms with Gasteiger partial charge in [0.05, 0.1) is 0 Å². The first-order valence-electron chi connectivity index (χ1n) is 10.1. The van der Waals surface area contributed by atoms with Gasteiger partial charge < -0.3 is 9.80 Å². The number of likely N-dealkylation sites (tertiary alicyclic amines) is 1. The smallest absolute Gasteiger partial charge is 0.180 e. The van der Waals surface area contributed by atoms with Gasteiger partial charge in [0, 0.05) is 56.2 Å². The molecule has 1 atom stereocenters. The highest BCUT2D eigenvalue weighted by molar-refractivity contribution is 5.57.